The summed E-state index contributed by atoms with van der Waals surface area (Å²) < 4.78 is 6.57. The van der Waals surface area contributed by atoms with E-state index in [9.17, 15) is 19.2 Å². The van der Waals surface area contributed by atoms with Gasteiger partial charge in [0.15, 0.2) is 5.78 Å². The SMILES string of the molecule is O=C1CCCc2c1cc(C(=O)N1CCN3C(=O)OC[C@@H]3C1)c(=O)n2-c1ccccc1. The number of aromatic nitrogens is 1. The highest BCUT2D eigenvalue weighted by Crippen LogP contribution is 2.25. The molecule has 3 aliphatic rings. The maximum absolute atomic E-state index is 13.4. The van der Waals surface area contributed by atoms with E-state index in [4.69, 9.17) is 4.74 Å². The monoisotopic (exact) mass is 407 g/mol. The van der Waals surface area contributed by atoms with Crippen LogP contribution in [0.15, 0.2) is 41.2 Å². The molecular weight excluding hydrogens is 386 g/mol. The predicted molar refractivity (Wildman–Crippen MR) is 107 cm³/mol. The second-order valence-corrected chi connectivity index (χ2v) is 7.85. The number of piperazine rings is 1. The van der Waals surface area contributed by atoms with Crippen LogP contribution in [0.4, 0.5) is 4.79 Å². The van der Waals surface area contributed by atoms with Gasteiger partial charge in [-0.25, -0.2) is 4.79 Å². The third kappa shape index (κ3) is 2.91. The van der Waals surface area contributed by atoms with E-state index in [2.05, 4.69) is 0 Å². The van der Waals surface area contributed by atoms with E-state index in [1.165, 1.54) is 10.6 Å². The van der Waals surface area contributed by atoms with Crippen molar-refractivity contribution in [1.82, 2.24) is 14.4 Å². The first kappa shape index (κ1) is 18.6. The Hall–Kier alpha value is -3.42. The van der Waals surface area contributed by atoms with Gasteiger partial charge >= 0.3 is 6.09 Å². The number of ketones is 1. The molecule has 3 heterocycles. The number of hydrogen-bond acceptors (Lipinski definition) is 5. The maximum Gasteiger partial charge on any atom is 0.410 e. The van der Waals surface area contributed by atoms with E-state index in [0.29, 0.717) is 55.8 Å². The number of para-hydroxylation sites is 1. The average Bonchev–Trinajstić information content (AvgIpc) is 3.14. The molecule has 8 heteroatoms. The van der Waals surface area contributed by atoms with Gasteiger partial charge in [-0.2, -0.15) is 0 Å². The van der Waals surface area contributed by atoms with Crippen molar-refractivity contribution < 1.29 is 19.1 Å². The first-order valence-electron chi connectivity index (χ1n) is 10.1. The Kier molecular flexibility index (Phi) is 4.42. The second-order valence-electron chi connectivity index (χ2n) is 7.85. The molecule has 2 fully saturated rings. The molecule has 0 spiro atoms. The van der Waals surface area contributed by atoms with E-state index in [0.717, 1.165) is 0 Å². The molecule has 30 heavy (non-hydrogen) atoms. The summed E-state index contributed by atoms with van der Waals surface area (Å²) in [4.78, 5) is 54.3. The Bertz CT molecular complexity index is 1110. The largest absolute Gasteiger partial charge is 0.447 e. The molecule has 2 saturated heterocycles. The number of fused-ring (bicyclic) bond motifs is 2. The molecule has 5 rings (SSSR count). The number of cyclic esters (lactones) is 1. The van der Waals surface area contributed by atoms with Gasteiger partial charge in [0.25, 0.3) is 11.5 Å². The van der Waals surface area contributed by atoms with Crippen LogP contribution < -0.4 is 5.56 Å². The van der Waals surface area contributed by atoms with E-state index in [1.807, 2.05) is 18.2 Å². The molecule has 1 aromatic heterocycles. The lowest BCUT2D eigenvalue weighted by Gasteiger charge is -2.35. The maximum atomic E-state index is 13.4. The zero-order chi connectivity index (χ0) is 20.8. The van der Waals surface area contributed by atoms with Crippen molar-refractivity contribution in [2.75, 3.05) is 26.2 Å². The second kappa shape index (κ2) is 7.12. The molecule has 0 bridgehead atoms. The smallest absolute Gasteiger partial charge is 0.410 e. The van der Waals surface area contributed by atoms with Gasteiger partial charge in [-0.1, -0.05) is 18.2 Å². The summed E-state index contributed by atoms with van der Waals surface area (Å²) >= 11 is 0. The van der Waals surface area contributed by atoms with E-state index >= 15 is 0 Å². The van der Waals surface area contributed by atoms with Crippen molar-refractivity contribution >= 4 is 17.8 Å². The number of nitrogens with zero attached hydrogens (tertiary/aromatic N) is 3. The zero-order valence-electron chi connectivity index (χ0n) is 16.4. The van der Waals surface area contributed by atoms with Crippen molar-refractivity contribution in [2.24, 2.45) is 0 Å². The number of benzene rings is 1. The first-order chi connectivity index (χ1) is 14.5. The van der Waals surface area contributed by atoms with Gasteiger partial charge in [0.05, 0.1) is 6.04 Å². The molecule has 1 aliphatic carbocycles. The standard InChI is InChI=1S/C22H21N3O5/c26-19-8-4-7-18-16(19)11-17(21(28)25(18)14-5-2-1-3-6-14)20(27)23-9-10-24-15(12-23)13-30-22(24)29/h1-3,5-6,11,15H,4,7-10,12-13H2/t15-/m0/s1. The molecule has 154 valence electrons. The van der Waals surface area contributed by atoms with E-state index in [1.54, 1.807) is 21.9 Å². The van der Waals surface area contributed by atoms with Crippen molar-refractivity contribution in [2.45, 2.75) is 25.3 Å². The van der Waals surface area contributed by atoms with Crippen LogP contribution in [0.5, 0.6) is 0 Å². The number of rotatable bonds is 2. The normalized spacial score (nSPS) is 20.6. The van der Waals surface area contributed by atoms with Crippen LogP contribution in [0.2, 0.25) is 0 Å². The molecule has 2 aromatic rings. The van der Waals surface area contributed by atoms with Crippen LogP contribution >= 0.6 is 0 Å². The minimum Gasteiger partial charge on any atom is -0.447 e. The molecule has 8 nitrogen and oxygen atoms in total. The van der Waals surface area contributed by atoms with Crippen molar-refractivity contribution in [1.29, 1.82) is 0 Å². The molecular formula is C22H21N3O5. The molecule has 2 aliphatic heterocycles. The number of pyridine rings is 1. The van der Waals surface area contributed by atoms with Gasteiger partial charge < -0.3 is 9.64 Å². The number of carbonyl (C=O) groups excluding carboxylic acids is 3. The van der Waals surface area contributed by atoms with E-state index in [-0.39, 0.29) is 30.1 Å². The van der Waals surface area contributed by atoms with Gasteiger partial charge in [0.2, 0.25) is 0 Å². The Labute approximate surface area is 172 Å². The molecule has 0 N–H and O–H groups in total. The van der Waals surface area contributed by atoms with Crippen molar-refractivity contribution in [3.05, 3.63) is 63.6 Å². The minimum atomic E-state index is -0.416. The Morgan fingerprint density at radius 3 is 2.63 bits per heavy atom. The van der Waals surface area contributed by atoms with Gasteiger partial charge in [-0.3, -0.25) is 23.9 Å². The fourth-order valence-electron chi connectivity index (χ4n) is 4.54. The van der Waals surface area contributed by atoms with Crippen molar-refractivity contribution in [3.63, 3.8) is 0 Å². The quantitative estimate of drug-likeness (QED) is 0.755. The van der Waals surface area contributed by atoms with Crippen LogP contribution in [0.1, 0.15) is 39.3 Å². The molecule has 0 saturated carbocycles. The Morgan fingerprint density at radius 1 is 1.03 bits per heavy atom. The predicted octanol–water partition coefficient (Wildman–Crippen LogP) is 1.63. The lowest BCUT2D eigenvalue weighted by atomic mass is 9.92. The van der Waals surface area contributed by atoms with Crippen LogP contribution in [-0.2, 0) is 11.2 Å². The summed E-state index contributed by atoms with van der Waals surface area (Å²) in [5.41, 5.74) is 1.33. The lowest BCUT2D eigenvalue weighted by Crippen LogP contribution is -2.54. The highest BCUT2D eigenvalue weighted by atomic mass is 16.6. The third-order valence-corrected chi connectivity index (χ3v) is 6.07. The third-order valence-electron chi connectivity index (χ3n) is 6.07. The highest BCUT2D eigenvalue weighted by molar-refractivity contribution is 6.02. The van der Waals surface area contributed by atoms with Crippen LogP contribution in [0, 0.1) is 0 Å². The summed E-state index contributed by atoms with van der Waals surface area (Å²) in [5.74, 6) is -0.459. The summed E-state index contributed by atoms with van der Waals surface area (Å²) in [6.07, 6.45) is 1.34. The average molecular weight is 407 g/mol. The van der Waals surface area contributed by atoms with Gasteiger partial charge in [0.1, 0.15) is 12.2 Å². The summed E-state index contributed by atoms with van der Waals surface area (Å²) in [5, 5.41) is 0. The topological polar surface area (TPSA) is 88.9 Å². The number of Topliss-reactive ketones (excluding diaryl/α,β-unsaturated/α-hetero) is 1. The van der Waals surface area contributed by atoms with Crippen LogP contribution in [0.25, 0.3) is 5.69 Å². The fourth-order valence-corrected chi connectivity index (χ4v) is 4.54. The molecule has 0 radical (unpaired) electrons. The van der Waals surface area contributed by atoms with Crippen molar-refractivity contribution in [3.8, 4) is 5.69 Å². The van der Waals surface area contributed by atoms with Crippen LogP contribution in [0.3, 0.4) is 0 Å². The Balaban J connectivity index is 1.58. The summed E-state index contributed by atoms with van der Waals surface area (Å²) in [6, 6.07) is 10.4. The number of ether oxygens (including phenoxy) is 1. The molecule has 1 atom stereocenters. The van der Waals surface area contributed by atoms with Gasteiger partial charge in [0, 0.05) is 43.0 Å². The van der Waals surface area contributed by atoms with Gasteiger partial charge in [-0.05, 0) is 31.0 Å². The minimum absolute atomic E-state index is 0.00783. The molecule has 1 aromatic carbocycles. The lowest BCUT2D eigenvalue weighted by molar-refractivity contribution is 0.0614. The number of carbonyl (C=O) groups is 3. The highest BCUT2D eigenvalue weighted by Gasteiger charge is 2.39. The van der Waals surface area contributed by atoms with E-state index < -0.39 is 11.5 Å². The van der Waals surface area contributed by atoms with Gasteiger partial charge in [-0.15, -0.1) is 0 Å². The zero-order valence-corrected chi connectivity index (χ0v) is 16.4. The number of hydrogen-bond donors (Lipinski definition) is 0. The molecule has 0 unspecified atom stereocenters. The van der Waals surface area contributed by atoms with Crippen LogP contribution in [-0.4, -0.2) is 64.4 Å². The fraction of sp³-hybridized carbons (Fsp3) is 0.364. The first-order valence-corrected chi connectivity index (χ1v) is 10.1. The summed E-state index contributed by atoms with van der Waals surface area (Å²) in [6.45, 7) is 1.23. The Morgan fingerprint density at radius 2 is 1.83 bits per heavy atom. The summed E-state index contributed by atoms with van der Waals surface area (Å²) in [7, 11) is 0. The number of amides is 2. The molecule has 2 amide bonds.